The van der Waals surface area contributed by atoms with Crippen LogP contribution < -0.4 is 5.73 Å². The average molecular weight is 292 g/mol. The lowest BCUT2D eigenvalue weighted by Crippen LogP contribution is -2.46. The van der Waals surface area contributed by atoms with Gasteiger partial charge in [-0.15, -0.1) is 0 Å². The molecule has 20 heavy (non-hydrogen) atoms. The van der Waals surface area contributed by atoms with Crippen LogP contribution in [0.3, 0.4) is 0 Å². The molecule has 2 aromatic rings. The topological polar surface area (TPSA) is 68.2 Å². The van der Waals surface area contributed by atoms with Crippen molar-refractivity contribution in [2.24, 2.45) is 11.7 Å². The molecule has 2 atom stereocenters. The third-order valence-corrected chi connectivity index (χ3v) is 4.69. The fourth-order valence-electron chi connectivity index (χ4n) is 2.72. The molecular weight excluding hydrogens is 272 g/mol. The van der Waals surface area contributed by atoms with E-state index in [-0.39, 0.29) is 0 Å². The lowest BCUT2D eigenvalue weighted by Gasteiger charge is -2.35. The molecule has 2 aromatic heterocycles. The number of aromatic nitrogens is 2. The van der Waals surface area contributed by atoms with Crippen molar-refractivity contribution in [2.75, 3.05) is 13.1 Å². The van der Waals surface area contributed by atoms with Crippen molar-refractivity contribution in [2.45, 2.75) is 32.4 Å². The van der Waals surface area contributed by atoms with Gasteiger partial charge in [0.05, 0.1) is 6.54 Å². The van der Waals surface area contributed by atoms with E-state index in [2.05, 4.69) is 22.0 Å². The van der Waals surface area contributed by atoms with Crippen LogP contribution in [0.15, 0.2) is 21.3 Å². The second-order valence-electron chi connectivity index (χ2n) is 5.38. The van der Waals surface area contributed by atoms with Crippen molar-refractivity contribution >= 4 is 11.3 Å². The summed E-state index contributed by atoms with van der Waals surface area (Å²) in [7, 11) is 0. The van der Waals surface area contributed by atoms with Gasteiger partial charge in [-0.1, -0.05) is 18.5 Å². The lowest BCUT2D eigenvalue weighted by molar-refractivity contribution is 0.131. The van der Waals surface area contributed by atoms with Gasteiger partial charge >= 0.3 is 0 Å². The highest BCUT2D eigenvalue weighted by atomic mass is 32.1. The van der Waals surface area contributed by atoms with E-state index in [1.54, 1.807) is 11.3 Å². The van der Waals surface area contributed by atoms with E-state index in [1.165, 1.54) is 0 Å². The summed E-state index contributed by atoms with van der Waals surface area (Å²) in [5, 5.41) is 8.09. The molecule has 3 rings (SSSR count). The van der Waals surface area contributed by atoms with Gasteiger partial charge in [0.25, 0.3) is 0 Å². The molecule has 1 saturated heterocycles. The van der Waals surface area contributed by atoms with Gasteiger partial charge in [-0.3, -0.25) is 4.90 Å². The molecule has 0 spiro atoms. The van der Waals surface area contributed by atoms with Gasteiger partial charge in [-0.25, -0.2) is 0 Å². The lowest BCUT2D eigenvalue weighted by atomic mass is 9.91. The molecular formula is C14H20N4OS. The largest absolute Gasteiger partial charge is 0.338 e. The molecule has 0 radical (unpaired) electrons. The molecule has 108 valence electrons. The number of likely N-dealkylation sites (tertiary alicyclic amines) is 1. The van der Waals surface area contributed by atoms with Crippen LogP contribution >= 0.6 is 11.3 Å². The van der Waals surface area contributed by atoms with E-state index in [0.717, 1.165) is 38.0 Å². The quantitative estimate of drug-likeness (QED) is 0.937. The molecule has 1 fully saturated rings. The number of hydrogen-bond acceptors (Lipinski definition) is 6. The summed E-state index contributed by atoms with van der Waals surface area (Å²) in [6.07, 6.45) is 2.17. The Labute approximate surface area is 122 Å². The van der Waals surface area contributed by atoms with Gasteiger partial charge in [-0.05, 0) is 23.8 Å². The van der Waals surface area contributed by atoms with Crippen LogP contribution in [0.25, 0.3) is 11.4 Å². The van der Waals surface area contributed by atoms with Gasteiger partial charge in [0.2, 0.25) is 11.7 Å². The van der Waals surface area contributed by atoms with Gasteiger partial charge in [0, 0.05) is 30.1 Å². The van der Waals surface area contributed by atoms with Gasteiger partial charge in [0.1, 0.15) is 0 Å². The maximum Gasteiger partial charge on any atom is 0.241 e. The Morgan fingerprint density at radius 1 is 1.55 bits per heavy atom. The van der Waals surface area contributed by atoms with Crippen LogP contribution in [-0.4, -0.2) is 34.2 Å². The number of piperidine rings is 1. The van der Waals surface area contributed by atoms with E-state index in [9.17, 15) is 0 Å². The van der Waals surface area contributed by atoms with E-state index in [0.29, 0.717) is 23.7 Å². The van der Waals surface area contributed by atoms with Crippen LogP contribution in [0, 0.1) is 5.92 Å². The van der Waals surface area contributed by atoms with Crippen LogP contribution in [0.1, 0.15) is 25.7 Å². The first-order chi connectivity index (χ1) is 9.76. The number of nitrogens with zero attached hydrogens (tertiary/aromatic N) is 3. The zero-order valence-corrected chi connectivity index (χ0v) is 12.5. The molecule has 1 aliphatic rings. The number of rotatable bonds is 4. The summed E-state index contributed by atoms with van der Waals surface area (Å²) in [6, 6.07) is 2.34. The van der Waals surface area contributed by atoms with Gasteiger partial charge < -0.3 is 10.3 Å². The molecule has 2 unspecified atom stereocenters. The number of thiophene rings is 1. The van der Waals surface area contributed by atoms with Crippen molar-refractivity contribution in [1.82, 2.24) is 15.0 Å². The standard InChI is InChI=1S/C14H20N4OS/c1-2-10-7-18(5-3-12(10)15)8-13-16-14(17-19-13)11-4-6-20-9-11/h4,6,9-10,12H,2-3,5,7-8,15H2,1H3. The molecule has 2 N–H and O–H groups in total. The van der Waals surface area contributed by atoms with Crippen molar-refractivity contribution in [3.8, 4) is 11.4 Å². The smallest absolute Gasteiger partial charge is 0.241 e. The number of hydrogen-bond donors (Lipinski definition) is 1. The molecule has 1 aliphatic heterocycles. The molecule has 0 aliphatic carbocycles. The predicted octanol–water partition coefficient (Wildman–Crippen LogP) is 2.36. The molecule has 5 nitrogen and oxygen atoms in total. The Kier molecular flexibility index (Phi) is 4.14. The van der Waals surface area contributed by atoms with Crippen LogP contribution in [0.4, 0.5) is 0 Å². The summed E-state index contributed by atoms with van der Waals surface area (Å²) in [5.74, 6) is 1.95. The van der Waals surface area contributed by atoms with Crippen molar-refractivity contribution < 1.29 is 4.52 Å². The Bertz CT molecular complexity index is 539. The molecule has 6 heteroatoms. The van der Waals surface area contributed by atoms with Gasteiger partial charge in [0.15, 0.2) is 0 Å². The Morgan fingerprint density at radius 2 is 2.45 bits per heavy atom. The normalized spacial score (nSPS) is 24.1. The Morgan fingerprint density at radius 3 is 3.20 bits per heavy atom. The summed E-state index contributed by atoms with van der Waals surface area (Å²) in [5.41, 5.74) is 7.16. The summed E-state index contributed by atoms with van der Waals surface area (Å²) in [4.78, 5) is 6.84. The maximum absolute atomic E-state index is 6.14. The van der Waals surface area contributed by atoms with Crippen molar-refractivity contribution in [3.05, 3.63) is 22.7 Å². The van der Waals surface area contributed by atoms with Crippen molar-refractivity contribution in [1.29, 1.82) is 0 Å². The predicted molar refractivity (Wildman–Crippen MR) is 79.3 cm³/mol. The second kappa shape index (κ2) is 6.03. The third-order valence-electron chi connectivity index (χ3n) is 4.01. The maximum atomic E-state index is 6.14. The molecule has 0 aromatic carbocycles. The minimum absolute atomic E-state index is 0.334. The average Bonchev–Trinajstić information content (AvgIpc) is 3.11. The molecule has 0 saturated carbocycles. The minimum atomic E-state index is 0.334. The summed E-state index contributed by atoms with van der Waals surface area (Å²) in [6.45, 7) is 4.96. The zero-order valence-electron chi connectivity index (χ0n) is 11.7. The van der Waals surface area contributed by atoms with E-state index >= 15 is 0 Å². The SMILES string of the molecule is CCC1CN(Cc2nc(-c3ccsc3)no2)CCC1N. The highest BCUT2D eigenvalue weighted by Crippen LogP contribution is 2.22. The summed E-state index contributed by atoms with van der Waals surface area (Å²) < 4.78 is 5.36. The highest BCUT2D eigenvalue weighted by Gasteiger charge is 2.26. The van der Waals surface area contributed by atoms with Crippen molar-refractivity contribution in [3.63, 3.8) is 0 Å². The third kappa shape index (κ3) is 2.92. The van der Waals surface area contributed by atoms with E-state index < -0.39 is 0 Å². The first kappa shape index (κ1) is 13.7. The summed E-state index contributed by atoms with van der Waals surface area (Å²) >= 11 is 1.64. The highest BCUT2D eigenvalue weighted by molar-refractivity contribution is 7.08. The fraction of sp³-hybridized carbons (Fsp3) is 0.571. The first-order valence-corrected chi connectivity index (χ1v) is 8.03. The Hall–Kier alpha value is -1.24. The Balaban J connectivity index is 1.64. The monoisotopic (exact) mass is 292 g/mol. The molecule has 0 bridgehead atoms. The second-order valence-corrected chi connectivity index (χ2v) is 6.16. The van der Waals surface area contributed by atoms with Crippen LogP contribution in [0.2, 0.25) is 0 Å². The van der Waals surface area contributed by atoms with E-state index in [4.69, 9.17) is 10.3 Å². The molecule has 3 heterocycles. The van der Waals surface area contributed by atoms with Gasteiger partial charge in [-0.2, -0.15) is 16.3 Å². The van der Waals surface area contributed by atoms with E-state index in [1.807, 2.05) is 16.8 Å². The first-order valence-electron chi connectivity index (χ1n) is 7.09. The molecule has 0 amide bonds. The fourth-order valence-corrected chi connectivity index (χ4v) is 3.35. The van der Waals surface area contributed by atoms with Crippen LogP contribution in [-0.2, 0) is 6.54 Å². The minimum Gasteiger partial charge on any atom is -0.338 e. The van der Waals surface area contributed by atoms with Crippen LogP contribution in [0.5, 0.6) is 0 Å². The zero-order chi connectivity index (χ0) is 13.9. The number of nitrogens with two attached hydrogens (primary N) is 1.